The third-order valence-electron chi connectivity index (χ3n) is 4.63. The van der Waals surface area contributed by atoms with Crippen molar-refractivity contribution in [3.63, 3.8) is 0 Å². The van der Waals surface area contributed by atoms with Gasteiger partial charge in [-0.05, 0) is 31.5 Å². The van der Waals surface area contributed by atoms with Gasteiger partial charge in [0.05, 0.1) is 17.9 Å². The Labute approximate surface area is 138 Å². The largest absolute Gasteiger partial charge is 0.465 e. The highest BCUT2D eigenvalue weighted by atomic mass is 32.2. The minimum atomic E-state index is -3.08. The maximum absolute atomic E-state index is 12.1. The van der Waals surface area contributed by atoms with Crippen molar-refractivity contribution in [3.8, 4) is 0 Å². The quantitative estimate of drug-likeness (QED) is 0.770. The monoisotopic (exact) mass is 339 g/mol. The van der Waals surface area contributed by atoms with Crippen molar-refractivity contribution >= 4 is 15.8 Å². The Morgan fingerprint density at radius 2 is 1.91 bits per heavy atom. The summed E-state index contributed by atoms with van der Waals surface area (Å²) in [7, 11) is 0.221. The van der Waals surface area contributed by atoms with Gasteiger partial charge in [0.15, 0.2) is 9.84 Å². The number of rotatable bonds is 5. The Hall–Kier alpha value is -1.40. The summed E-state index contributed by atoms with van der Waals surface area (Å²) in [6, 6.07) is 7.30. The number of esters is 1. The van der Waals surface area contributed by atoms with E-state index in [0.29, 0.717) is 18.5 Å². The summed E-state index contributed by atoms with van der Waals surface area (Å²) in [5.41, 5.74) is 1.40. The van der Waals surface area contributed by atoms with E-state index in [-0.39, 0.29) is 17.3 Å². The molecule has 2 atom stereocenters. The second-order valence-electron chi connectivity index (χ2n) is 6.28. The van der Waals surface area contributed by atoms with Gasteiger partial charge in [0, 0.05) is 18.8 Å². The molecule has 1 aromatic rings. The van der Waals surface area contributed by atoms with Gasteiger partial charge in [-0.1, -0.05) is 31.0 Å². The van der Waals surface area contributed by atoms with Crippen LogP contribution in [0.25, 0.3) is 0 Å². The fraction of sp³-hybridized carbons (Fsp3) is 0.588. The summed E-state index contributed by atoms with van der Waals surface area (Å²) >= 11 is 0. The van der Waals surface area contributed by atoms with E-state index in [9.17, 15) is 13.2 Å². The average molecular weight is 339 g/mol. The Balaban J connectivity index is 2.21. The highest BCUT2D eigenvalue weighted by Crippen LogP contribution is 2.28. The molecule has 0 aliphatic heterocycles. The van der Waals surface area contributed by atoms with E-state index in [2.05, 4.69) is 4.90 Å². The van der Waals surface area contributed by atoms with E-state index in [0.717, 1.165) is 24.8 Å². The van der Waals surface area contributed by atoms with Crippen LogP contribution in [0.2, 0.25) is 0 Å². The van der Waals surface area contributed by atoms with Crippen LogP contribution in [-0.2, 0) is 21.1 Å². The van der Waals surface area contributed by atoms with Crippen molar-refractivity contribution in [2.45, 2.75) is 43.5 Å². The van der Waals surface area contributed by atoms with Gasteiger partial charge in [-0.15, -0.1) is 0 Å². The lowest BCUT2D eigenvalue weighted by Crippen LogP contribution is -2.46. The molecule has 0 saturated heterocycles. The summed E-state index contributed by atoms with van der Waals surface area (Å²) in [5.74, 6) is -0.364. The number of sulfone groups is 1. The Morgan fingerprint density at radius 1 is 1.26 bits per heavy atom. The molecule has 0 N–H and O–H groups in total. The van der Waals surface area contributed by atoms with Gasteiger partial charge < -0.3 is 4.74 Å². The molecule has 1 aromatic carbocycles. The van der Waals surface area contributed by atoms with Crippen LogP contribution in [0, 0.1) is 0 Å². The molecule has 0 aromatic heterocycles. The van der Waals surface area contributed by atoms with E-state index < -0.39 is 9.84 Å². The van der Waals surface area contributed by atoms with E-state index in [1.54, 1.807) is 12.1 Å². The summed E-state index contributed by atoms with van der Waals surface area (Å²) in [6.45, 7) is 0.530. The number of benzene rings is 1. The van der Waals surface area contributed by atoms with E-state index in [4.69, 9.17) is 4.74 Å². The zero-order valence-corrected chi connectivity index (χ0v) is 14.8. The average Bonchev–Trinajstić information content (AvgIpc) is 2.54. The molecule has 1 saturated carbocycles. The highest BCUT2D eigenvalue weighted by Gasteiger charge is 2.35. The van der Waals surface area contributed by atoms with Gasteiger partial charge in [0.1, 0.15) is 0 Å². The van der Waals surface area contributed by atoms with Crippen LogP contribution in [-0.4, -0.2) is 51.0 Å². The molecule has 1 aliphatic carbocycles. The minimum absolute atomic E-state index is 0.00977. The van der Waals surface area contributed by atoms with Crippen LogP contribution in [0.3, 0.4) is 0 Å². The normalized spacial score (nSPS) is 22.1. The Bertz CT molecular complexity index is 656. The second kappa shape index (κ2) is 7.45. The minimum Gasteiger partial charge on any atom is -0.465 e. The maximum atomic E-state index is 12.1. The fourth-order valence-corrected chi connectivity index (χ4v) is 4.94. The predicted octanol–water partition coefficient (Wildman–Crippen LogP) is 2.26. The van der Waals surface area contributed by atoms with Crippen LogP contribution >= 0.6 is 0 Å². The summed E-state index contributed by atoms with van der Waals surface area (Å²) < 4.78 is 29.0. The first-order valence-corrected chi connectivity index (χ1v) is 9.85. The fourth-order valence-electron chi connectivity index (χ4n) is 3.43. The van der Waals surface area contributed by atoms with Crippen LogP contribution < -0.4 is 0 Å². The third-order valence-corrected chi connectivity index (χ3v) is 6.28. The lowest BCUT2D eigenvalue weighted by molar-refractivity contribution is 0.0597. The van der Waals surface area contributed by atoms with Gasteiger partial charge in [0.25, 0.3) is 0 Å². The van der Waals surface area contributed by atoms with Gasteiger partial charge in [-0.25, -0.2) is 13.2 Å². The molecule has 2 rings (SSSR count). The van der Waals surface area contributed by atoms with Crippen LogP contribution in [0.5, 0.6) is 0 Å². The lowest BCUT2D eigenvalue weighted by atomic mass is 9.93. The first-order valence-electron chi connectivity index (χ1n) is 7.90. The van der Waals surface area contributed by atoms with E-state index in [1.807, 2.05) is 19.2 Å². The predicted molar refractivity (Wildman–Crippen MR) is 90.1 cm³/mol. The summed E-state index contributed by atoms with van der Waals surface area (Å²) in [4.78, 5) is 13.9. The van der Waals surface area contributed by atoms with E-state index >= 15 is 0 Å². The highest BCUT2D eigenvalue weighted by molar-refractivity contribution is 7.91. The topological polar surface area (TPSA) is 63.7 Å². The molecule has 6 heteroatoms. The van der Waals surface area contributed by atoms with Crippen molar-refractivity contribution in [1.29, 1.82) is 0 Å². The molecule has 5 nitrogen and oxygen atoms in total. The van der Waals surface area contributed by atoms with E-state index in [1.165, 1.54) is 13.4 Å². The molecule has 0 heterocycles. The number of hydrogen-bond acceptors (Lipinski definition) is 5. The third kappa shape index (κ3) is 4.32. The Morgan fingerprint density at radius 3 is 2.57 bits per heavy atom. The standard InChI is InChI=1S/C17H25NO4S/c1-18(15-10-6-7-11-16(15)23(3,20)21)12-13-8-4-5-9-14(13)17(19)22-2/h4-5,8-9,15-16H,6-7,10-12H2,1-3H3/t15-,16-/m1/s1. The van der Waals surface area contributed by atoms with Crippen molar-refractivity contribution in [3.05, 3.63) is 35.4 Å². The smallest absolute Gasteiger partial charge is 0.338 e. The molecular formula is C17H25NO4S. The zero-order valence-electron chi connectivity index (χ0n) is 14.0. The number of hydrogen-bond donors (Lipinski definition) is 0. The number of ether oxygens (including phenoxy) is 1. The second-order valence-corrected chi connectivity index (χ2v) is 8.55. The molecule has 1 fully saturated rings. The van der Waals surface area contributed by atoms with Crippen LogP contribution in [0.1, 0.15) is 41.6 Å². The molecule has 0 radical (unpaired) electrons. The first-order chi connectivity index (χ1) is 10.8. The van der Waals surface area contributed by atoms with Gasteiger partial charge in [0.2, 0.25) is 0 Å². The summed E-state index contributed by atoms with van der Waals surface area (Å²) in [6.07, 6.45) is 4.91. The SMILES string of the molecule is COC(=O)c1ccccc1CN(C)[C@@H]1CCCC[C@H]1S(C)(=O)=O. The van der Waals surface area contributed by atoms with Crippen LogP contribution in [0.4, 0.5) is 0 Å². The molecule has 1 aliphatic rings. The lowest BCUT2D eigenvalue weighted by Gasteiger charge is -2.37. The molecule has 128 valence electrons. The zero-order chi connectivity index (χ0) is 17.0. The van der Waals surface area contributed by atoms with Crippen molar-refractivity contribution in [1.82, 2.24) is 4.90 Å². The van der Waals surface area contributed by atoms with Crippen molar-refractivity contribution < 1.29 is 17.9 Å². The number of carbonyl (C=O) groups excluding carboxylic acids is 1. The van der Waals surface area contributed by atoms with Crippen molar-refractivity contribution in [2.24, 2.45) is 0 Å². The molecule has 0 bridgehead atoms. The number of carbonyl (C=O) groups is 1. The van der Waals surface area contributed by atoms with Gasteiger partial charge >= 0.3 is 5.97 Å². The molecule has 23 heavy (non-hydrogen) atoms. The number of methoxy groups -OCH3 is 1. The first kappa shape index (κ1) is 17.9. The molecule has 0 amide bonds. The molecule has 0 unspecified atom stereocenters. The summed E-state index contributed by atoms with van der Waals surface area (Å²) in [5, 5.41) is -0.327. The Kier molecular flexibility index (Phi) is 5.81. The van der Waals surface area contributed by atoms with Crippen LogP contribution in [0.15, 0.2) is 24.3 Å². The van der Waals surface area contributed by atoms with Gasteiger partial charge in [-0.3, -0.25) is 4.90 Å². The van der Waals surface area contributed by atoms with Gasteiger partial charge in [-0.2, -0.15) is 0 Å². The van der Waals surface area contributed by atoms with Crippen molar-refractivity contribution in [2.75, 3.05) is 20.4 Å². The molecular weight excluding hydrogens is 314 g/mol. The molecule has 0 spiro atoms. The maximum Gasteiger partial charge on any atom is 0.338 e. The number of nitrogens with zero attached hydrogens (tertiary/aromatic N) is 1.